The van der Waals surface area contributed by atoms with Gasteiger partial charge in [-0.05, 0) is 54.7 Å². The summed E-state index contributed by atoms with van der Waals surface area (Å²) in [4.78, 5) is 14.7. The summed E-state index contributed by atoms with van der Waals surface area (Å²) in [6, 6.07) is 10.5. The van der Waals surface area contributed by atoms with Crippen LogP contribution in [0.25, 0.3) is 0 Å². The van der Waals surface area contributed by atoms with E-state index in [-0.39, 0.29) is 17.3 Å². The highest BCUT2D eigenvalue weighted by atomic mass is 32.2. The normalized spacial score (nSPS) is 19.7. The number of sulfonamides is 1. The lowest BCUT2D eigenvalue weighted by Crippen LogP contribution is -2.37. The van der Waals surface area contributed by atoms with Gasteiger partial charge in [0, 0.05) is 30.3 Å². The molecule has 1 unspecified atom stereocenters. The number of amides is 1. The van der Waals surface area contributed by atoms with Crippen molar-refractivity contribution in [3.63, 3.8) is 0 Å². The first-order chi connectivity index (χ1) is 13.8. The highest BCUT2D eigenvalue weighted by Gasteiger charge is 2.27. The van der Waals surface area contributed by atoms with E-state index in [1.54, 1.807) is 11.0 Å². The molecule has 0 bridgehead atoms. The van der Waals surface area contributed by atoms with Crippen LogP contribution in [-0.4, -0.2) is 45.4 Å². The topological polar surface area (TPSA) is 95.9 Å². The predicted molar refractivity (Wildman–Crippen MR) is 111 cm³/mol. The molecule has 0 aliphatic carbocycles. The number of anilines is 2. The monoisotopic (exact) mass is 416 g/mol. The molecule has 7 nitrogen and oxygen atoms in total. The average molecular weight is 416 g/mol. The maximum absolute atomic E-state index is 13.1. The molecule has 1 fully saturated rings. The van der Waals surface area contributed by atoms with E-state index in [4.69, 9.17) is 4.74 Å². The molecule has 1 saturated heterocycles. The van der Waals surface area contributed by atoms with Gasteiger partial charge in [0.05, 0.1) is 18.6 Å². The van der Waals surface area contributed by atoms with E-state index >= 15 is 0 Å². The van der Waals surface area contributed by atoms with E-state index in [0.717, 1.165) is 37.9 Å². The quantitative estimate of drug-likeness (QED) is 0.747. The van der Waals surface area contributed by atoms with E-state index < -0.39 is 10.0 Å². The third kappa shape index (κ3) is 4.23. The first kappa shape index (κ1) is 19.7. The molecule has 2 N–H and O–H groups in total. The molecule has 2 aliphatic rings. The maximum atomic E-state index is 13.1. The first-order valence-corrected chi connectivity index (χ1v) is 11.5. The molecular weight excluding hydrogens is 392 g/mol. The Morgan fingerprint density at radius 2 is 2.03 bits per heavy atom. The number of carbonyl (C=O) groups is 1. The maximum Gasteiger partial charge on any atom is 0.258 e. The molecule has 1 amide bonds. The van der Waals surface area contributed by atoms with Gasteiger partial charge in [-0.15, -0.1) is 0 Å². The minimum atomic E-state index is -3.55. The Hall–Kier alpha value is -2.58. The fourth-order valence-electron chi connectivity index (χ4n) is 3.99. The van der Waals surface area contributed by atoms with Crippen LogP contribution in [0, 0.1) is 0 Å². The Balaban J connectivity index is 1.60. The van der Waals surface area contributed by atoms with Gasteiger partial charge < -0.3 is 14.7 Å². The van der Waals surface area contributed by atoms with Crippen molar-refractivity contribution >= 4 is 27.3 Å². The van der Waals surface area contributed by atoms with Gasteiger partial charge in [-0.25, -0.2) is 8.42 Å². The summed E-state index contributed by atoms with van der Waals surface area (Å²) in [5.74, 6) is 0.0565. The number of aromatic hydroxyl groups is 1. The van der Waals surface area contributed by atoms with Gasteiger partial charge in [0.2, 0.25) is 10.0 Å². The van der Waals surface area contributed by atoms with Crippen molar-refractivity contribution in [2.45, 2.75) is 25.2 Å². The predicted octanol–water partition coefficient (Wildman–Crippen LogP) is 2.86. The molecule has 0 aromatic heterocycles. The number of hydrogen-bond donors (Lipinski definition) is 2. The van der Waals surface area contributed by atoms with Crippen LogP contribution in [0.2, 0.25) is 0 Å². The zero-order valence-corrected chi connectivity index (χ0v) is 17.0. The summed E-state index contributed by atoms with van der Waals surface area (Å²) in [7, 11) is -3.55. The van der Waals surface area contributed by atoms with Crippen LogP contribution in [0.15, 0.2) is 36.4 Å². The molecule has 2 heterocycles. The van der Waals surface area contributed by atoms with Gasteiger partial charge in [0.15, 0.2) is 0 Å². The number of fused-ring (bicyclic) bond motifs is 1. The number of phenols is 1. The Bertz CT molecular complexity index is 1050. The summed E-state index contributed by atoms with van der Waals surface area (Å²) in [5, 5.41) is 9.93. The van der Waals surface area contributed by atoms with E-state index in [1.165, 1.54) is 17.7 Å². The zero-order valence-electron chi connectivity index (χ0n) is 16.2. The molecular formula is C21H24N2O5S. The second-order valence-electron chi connectivity index (χ2n) is 7.61. The van der Waals surface area contributed by atoms with Crippen molar-refractivity contribution in [1.82, 2.24) is 0 Å². The van der Waals surface area contributed by atoms with Gasteiger partial charge >= 0.3 is 0 Å². The van der Waals surface area contributed by atoms with Crippen molar-refractivity contribution < 1.29 is 23.1 Å². The highest BCUT2D eigenvalue weighted by Crippen LogP contribution is 2.33. The van der Waals surface area contributed by atoms with Gasteiger partial charge in [0.1, 0.15) is 5.75 Å². The molecule has 4 rings (SSSR count). The van der Waals surface area contributed by atoms with Crippen molar-refractivity contribution in [3.05, 3.63) is 53.1 Å². The molecule has 0 saturated carbocycles. The Morgan fingerprint density at radius 1 is 1.21 bits per heavy atom. The summed E-state index contributed by atoms with van der Waals surface area (Å²) in [6.45, 7) is 2.03. The van der Waals surface area contributed by atoms with Crippen molar-refractivity contribution in [1.29, 1.82) is 0 Å². The summed E-state index contributed by atoms with van der Waals surface area (Å²) in [6.07, 6.45) is 3.87. The standard InChI is InChI=1S/C21H24N2O5S/c1-29(26,27)22-19-12-17(5-7-20(19)24)23-9-8-15-11-14(4-6-18(15)21(23)25)16-3-2-10-28-13-16/h4-7,11-12,16,22,24H,2-3,8-10,13H2,1H3. The number of benzene rings is 2. The Morgan fingerprint density at radius 3 is 2.76 bits per heavy atom. The van der Waals surface area contributed by atoms with E-state index in [1.807, 2.05) is 12.1 Å². The Kier molecular flexibility index (Phi) is 5.23. The van der Waals surface area contributed by atoms with Crippen molar-refractivity contribution in [3.8, 4) is 5.75 Å². The Labute approximate surface area is 170 Å². The smallest absolute Gasteiger partial charge is 0.258 e. The van der Waals surface area contributed by atoms with Crippen LogP contribution in [0.5, 0.6) is 5.75 Å². The fourth-order valence-corrected chi connectivity index (χ4v) is 4.55. The molecule has 2 aromatic carbocycles. The van der Waals surface area contributed by atoms with Gasteiger partial charge in [-0.1, -0.05) is 12.1 Å². The molecule has 29 heavy (non-hydrogen) atoms. The van der Waals surface area contributed by atoms with E-state index in [9.17, 15) is 18.3 Å². The summed E-state index contributed by atoms with van der Waals surface area (Å²) < 4.78 is 30.9. The van der Waals surface area contributed by atoms with Gasteiger partial charge in [0.25, 0.3) is 5.91 Å². The molecule has 1 atom stereocenters. The number of nitrogens with one attached hydrogen (secondary N) is 1. The average Bonchev–Trinajstić information content (AvgIpc) is 2.69. The molecule has 2 aromatic rings. The minimum Gasteiger partial charge on any atom is -0.506 e. The number of carbonyl (C=O) groups excluding carboxylic acids is 1. The van der Waals surface area contributed by atoms with Crippen LogP contribution in [-0.2, 0) is 21.2 Å². The van der Waals surface area contributed by atoms with E-state index in [0.29, 0.717) is 30.1 Å². The van der Waals surface area contributed by atoms with Crippen molar-refractivity contribution in [2.24, 2.45) is 0 Å². The molecule has 0 radical (unpaired) electrons. The number of nitrogens with zero attached hydrogens (tertiary/aromatic N) is 1. The van der Waals surface area contributed by atoms with E-state index in [2.05, 4.69) is 10.8 Å². The third-order valence-corrected chi connectivity index (χ3v) is 6.02. The lowest BCUT2D eigenvalue weighted by atomic mass is 9.88. The van der Waals surface area contributed by atoms with Crippen LogP contribution in [0.3, 0.4) is 0 Å². The van der Waals surface area contributed by atoms with Crippen LogP contribution in [0.4, 0.5) is 11.4 Å². The lowest BCUT2D eigenvalue weighted by Gasteiger charge is -2.30. The number of rotatable bonds is 4. The minimum absolute atomic E-state index is 0.0521. The first-order valence-electron chi connectivity index (χ1n) is 9.65. The SMILES string of the molecule is CS(=O)(=O)Nc1cc(N2CCc3cc(C4CCCOC4)ccc3C2=O)ccc1O. The second kappa shape index (κ2) is 7.68. The molecule has 8 heteroatoms. The largest absolute Gasteiger partial charge is 0.506 e. The van der Waals surface area contributed by atoms with Crippen LogP contribution < -0.4 is 9.62 Å². The lowest BCUT2D eigenvalue weighted by molar-refractivity contribution is 0.0804. The number of hydrogen-bond acceptors (Lipinski definition) is 5. The fraction of sp³-hybridized carbons (Fsp3) is 0.381. The highest BCUT2D eigenvalue weighted by molar-refractivity contribution is 7.92. The van der Waals surface area contributed by atoms with Crippen LogP contribution >= 0.6 is 0 Å². The molecule has 154 valence electrons. The van der Waals surface area contributed by atoms with Crippen LogP contribution in [0.1, 0.15) is 40.2 Å². The van der Waals surface area contributed by atoms with Crippen molar-refractivity contribution in [2.75, 3.05) is 35.6 Å². The molecule has 0 spiro atoms. The number of phenolic OH excluding ortho intramolecular Hbond substituents is 1. The van der Waals surface area contributed by atoms with Gasteiger partial charge in [-0.3, -0.25) is 9.52 Å². The second-order valence-corrected chi connectivity index (χ2v) is 9.36. The summed E-state index contributed by atoms with van der Waals surface area (Å²) in [5.41, 5.74) is 3.49. The summed E-state index contributed by atoms with van der Waals surface area (Å²) >= 11 is 0. The zero-order chi connectivity index (χ0) is 20.6. The van der Waals surface area contributed by atoms with Gasteiger partial charge in [-0.2, -0.15) is 0 Å². The third-order valence-electron chi connectivity index (χ3n) is 5.43. The molecule has 2 aliphatic heterocycles. The number of ether oxygens (including phenoxy) is 1.